The topological polar surface area (TPSA) is 85.0 Å². The van der Waals surface area contributed by atoms with Crippen LogP contribution in [0.5, 0.6) is 0 Å². The minimum absolute atomic E-state index is 0.0219. The molecule has 0 unspecified atom stereocenters. The molecule has 1 saturated heterocycles. The van der Waals surface area contributed by atoms with Crippen molar-refractivity contribution in [2.24, 2.45) is 0 Å². The van der Waals surface area contributed by atoms with Gasteiger partial charge >= 0.3 is 0 Å². The largest absolute Gasteiger partial charge is 0.361 e. The Morgan fingerprint density at radius 2 is 2.00 bits per heavy atom. The molecule has 1 fully saturated rings. The van der Waals surface area contributed by atoms with E-state index in [0.29, 0.717) is 17.2 Å². The van der Waals surface area contributed by atoms with E-state index in [1.165, 1.54) is 11.3 Å². The Bertz CT molecular complexity index is 1010. The summed E-state index contributed by atoms with van der Waals surface area (Å²) in [4.78, 5) is 29.6. The number of rotatable bonds is 3. The second-order valence-corrected chi connectivity index (χ2v) is 8.08. The van der Waals surface area contributed by atoms with Gasteiger partial charge in [0.15, 0.2) is 5.82 Å². The van der Waals surface area contributed by atoms with Crippen LogP contribution in [0, 0.1) is 27.7 Å². The number of carbonyl (C=O) groups excluding carboxylic acids is 1. The normalized spacial score (nSPS) is 17.1. The highest BCUT2D eigenvalue weighted by Crippen LogP contribution is 2.33. The Morgan fingerprint density at radius 1 is 1.18 bits per heavy atom. The predicted octanol–water partition coefficient (Wildman–Crippen LogP) is 4.19. The van der Waals surface area contributed by atoms with Crippen LogP contribution >= 0.6 is 11.3 Å². The first-order valence-electron chi connectivity index (χ1n) is 9.45. The van der Waals surface area contributed by atoms with Gasteiger partial charge in [0, 0.05) is 12.2 Å². The van der Waals surface area contributed by atoms with E-state index in [2.05, 4.69) is 10.1 Å². The second-order valence-electron chi connectivity index (χ2n) is 7.23. The molecular weight excluding hydrogens is 374 g/mol. The summed E-state index contributed by atoms with van der Waals surface area (Å²) in [6, 6.07) is 1.81. The molecule has 0 aromatic carbocycles. The Balaban J connectivity index is 1.74. The van der Waals surface area contributed by atoms with Crippen LogP contribution in [-0.4, -0.2) is 37.5 Å². The zero-order valence-electron chi connectivity index (χ0n) is 16.5. The summed E-state index contributed by atoms with van der Waals surface area (Å²) >= 11 is 1.39. The molecule has 0 spiro atoms. The molecule has 1 amide bonds. The first-order chi connectivity index (χ1) is 13.5. The Morgan fingerprint density at radius 3 is 2.68 bits per heavy atom. The van der Waals surface area contributed by atoms with Gasteiger partial charge in [-0.15, -0.1) is 11.3 Å². The molecule has 3 aromatic heterocycles. The number of nitrogens with zero attached hydrogens (tertiary/aromatic N) is 5. The fraction of sp³-hybridized carbons (Fsp3) is 0.450. The van der Waals surface area contributed by atoms with E-state index in [9.17, 15) is 4.79 Å². The van der Waals surface area contributed by atoms with Gasteiger partial charge in [-0.1, -0.05) is 5.16 Å². The maximum absolute atomic E-state index is 13.2. The van der Waals surface area contributed by atoms with Gasteiger partial charge in [-0.25, -0.2) is 15.0 Å². The number of aromatic nitrogens is 4. The predicted molar refractivity (Wildman–Crippen MR) is 106 cm³/mol. The summed E-state index contributed by atoms with van der Waals surface area (Å²) in [5.41, 5.74) is 5.87. The first kappa shape index (κ1) is 18.7. The van der Waals surface area contributed by atoms with Crippen molar-refractivity contribution in [2.75, 3.05) is 6.54 Å². The van der Waals surface area contributed by atoms with Crippen molar-refractivity contribution in [2.45, 2.75) is 53.0 Å². The number of aryl methyl sites for hydroxylation is 4. The average Bonchev–Trinajstić information content (AvgIpc) is 3.25. The molecule has 1 aliphatic rings. The van der Waals surface area contributed by atoms with Crippen LogP contribution in [0.4, 0.5) is 0 Å². The van der Waals surface area contributed by atoms with Crippen molar-refractivity contribution in [1.29, 1.82) is 0 Å². The molecule has 0 saturated carbocycles. The zero-order chi connectivity index (χ0) is 19.8. The third-order valence-electron chi connectivity index (χ3n) is 5.16. The summed E-state index contributed by atoms with van der Waals surface area (Å²) in [6.07, 6.45) is 2.89. The Hall–Kier alpha value is -2.61. The average molecular weight is 398 g/mol. The van der Waals surface area contributed by atoms with Gasteiger partial charge in [0.05, 0.1) is 34.2 Å². The number of likely N-dealkylation sites (tertiary alicyclic amines) is 1. The van der Waals surface area contributed by atoms with Gasteiger partial charge < -0.3 is 9.42 Å². The summed E-state index contributed by atoms with van der Waals surface area (Å²) in [5.74, 6) is 1.44. The lowest BCUT2D eigenvalue weighted by molar-refractivity contribution is 0.0604. The monoisotopic (exact) mass is 397 g/mol. The van der Waals surface area contributed by atoms with E-state index < -0.39 is 0 Å². The van der Waals surface area contributed by atoms with Gasteiger partial charge in [0.1, 0.15) is 10.6 Å². The minimum atomic E-state index is -0.137. The number of hydrogen-bond donors (Lipinski definition) is 0. The number of hydrogen-bond acceptors (Lipinski definition) is 7. The Kier molecular flexibility index (Phi) is 4.97. The van der Waals surface area contributed by atoms with E-state index in [4.69, 9.17) is 14.5 Å². The summed E-state index contributed by atoms with van der Waals surface area (Å²) in [5, 5.41) is 4.05. The van der Waals surface area contributed by atoms with Crippen molar-refractivity contribution < 1.29 is 9.32 Å². The minimum Gasteiger partial charge on any atom is -0.361 e. The van der Waals surface area contributed by atoms with Crippen LogP contribution < -0.4 is 0 Å². The molecule has 0 N–H and O–H groups in total. The van der Waals surface area contributed by atoms with Gasteiger partial charge in [-0.3, -0.25) is 4.79 Å². The third kappa shape index (κ3) is 3.32. The van der Waals surface area contributed by atoms with Crippen LogP contribution in [0.3, 0.4) is 0 Å². The highest BCUT2D eigenvalue weighted by atomic mass is 32.1. The number of thiazole rings is 1. The SMILES string of the molecule is Cc1cc(-c2c(C)noc2C)nc([C@@H]2CCCCN2C(=O)c2scnc2C)n1. The van der Waals surface area contributed by atoms with Crippen LogP contribution in [0.2, 0.25) is 0 Å². The molecule has 4 rings (SSSR count). The molecule has 0 aliphatic carbocycles. The van der Waals surface area contributed by atoms with E-state index >= 15 is 0 Å². The second kappa shape index (κ2) is 7.43. The highest BCUT2D eigenvalue weighted by Gasteiger charge is 2.32. The smallest absolute Gasteiger partial charge is 0.266 e. The van der Waals surface area contributed by atoms with E-state index in [0.717, 1.165) is 53.4 Å². The third-order valence-corrected chi connectivity index (χ3v) is 6.08. The van der Waals surface area contributed by atoms with Gasteiger partial charge in [-0.2, -0.15) is 0 Å². The van der Waals surface area contributed by atoms with Crippen molar-refractivity contribution >= 4 is 17.2 Å². The molecule has 8 heteroatoms. The zero-order valence-corrected chi connectivity index (χ0v) is 17.3. The fourth-order valence-electron chi connectivity index (χ4n) is 3.80. The standard InChI is InChI=1S/C20H23N5O2S/c1-11-9-15(17-12(2)24-27-14(17)4)23-19(22-11)16-7-5-6-8-25(16)20(26)18-13(3)21-10-28-18/h9-10,16H,5-8H2,1-4H3/t16-/m0/s1. The number of carbonyl (C=O) groups is 1. The van der Waals surface area contributed by atoms with E-state index in [-0.39, 0.29) is 11.9 Å². The number of piperidine rings is 1. The molecule has 4 heterocycles. The quantitative estimate of drug-likeness (QED) is 0.659. The highest BCUT2D eigenvalue weighted by molar-refractivity contribution is 7.11. The van der Waals surface area contributed by atoms with Gasteiger partial charge in [0.25, 0.3) is 5.91 Å². The van der Waals surface area contributed by atoms with Gasteiger partial charge in [-0.05, 0) is 53.0 Å². The first-order valence-corrected chi connectivity index (χ1v) is 10.3. The molecular formula is C20H23N5O2S. The van der Waals surface area contributed by atoms with Crippen LogP contribution in [-0.2, 0) is 0 Å². The summed E-state index contributed by atoms with van der Waals surface area (Å²) in [6.45, 7) is 8.33. The fourth-order valence-corrected chi connectivity index (χ4v) is 4.56. The van der Waals surface area contributed by atoms with Gasteiger partial charge in [0.2, 0.25) is 0 Å². The molecule has 7 nitrogen and oxygen atoms in total. The van der Waals surface area contributed by atoms with Crippen LogP contribution in [0.15, 0.2) is 16.1 Å². The Labute approximate surface area is 167 Å². The maximum Gasteiger partial charge on any atom is 0.266 e. The maximum atomic E-state index is 13.2. The van der Waals surface area contributed by atoms with E-state index in [1.54, 1.807) is 5.51 Å². The van der Waals surface area contributed by atoms with Crippen molar-refractivity contribution in [3.63, 3.8) is 0 Å². The molecule has 0 bridgehead atoms. The number of amides is 1. The summed E-state index contributed by atoms with van der Waals surface area (Å²) in [7, 11) is 0. The lowest BCUT2D eigenvalue weighted by Crippen LogP contribution is -2.39. The van der Waals surface area contributed by atoms with Crippen LogP contribution in [0.1, 0.15) is 63.6 Å². The molecule has 1 atom stereocenters. The lowest BCUT2D eigenvalue weighted by Gasteiger charge is -2.34. The van der Waals surface area contributed by atoms with Crippen molar-refractivity contribution in [1.82, 2.24) is 25.0 Å². The summed E-state index contributed by atoms with van der Waals surface area (Å²) < 4.78 is 5.32. The lowest BCUT2D eigenvalue weighted by atomic mass is 10.00. The molecule has 146 valence electrons. The molecule has 28 heavy (non-hydrogen) atoms. The molecule has 3 aromatic rings. The molecule has 1 aliphatic heterocycles. The molecule has 0 radical (unpaired) electrons. The van der Waals surface area contributed by atoms with Crippen molar-refractivity contribution in [3.05, 3.63) is 45.1 Å². The van der Waals surface area contributed by atoms with E-state index in [1.807, 2.05) is 38.7 Å². The van der Waals surface area contributed by atoms with Crippen LogP contribution in [0.25, 0.3) is 11.3 Å². The van der Waals surface area contributed by atoms with Crippen molar-refractivity contribution in [3.8, 4) is 11.3 Å².